The van der Waals surface area contributed by atoms with Crippen LogP contribution in [0.4, 0.5) is 0 Å². The Morgan fingerprint density at radius 1 is 0.875 bits per heavy atom. The number of nitrogens with one attached hydrogen (secondary N) is 2. The van der Waals surface area contributed by atoms with Gasteiger partial charge in [-0.05, 0) is 98.8 Å². The summed E-state index contributed by atoms with van der Waals surface area (Å²) < 4.78 is 2.44. The summed E-state index contributed by atoms with van der Waals surface area (Å²) in [6.45, 7) is 4.30. The fraction of sp³-hybridized carbons (Fsp3) is 0.353. The van der Waals surface area contributed by atoms with Gasteiger partial charge in [-0.1, -0.05) is 60.7 Å². The standard InChI is InChI=1S/C34H39N5S/c1-3-8-26(9-4-1)14-17-35-15-7-16-36-21-28-12-13-30(19-28)39-23-32(31-22-37-25-38-34(31)39)33-20-29(24-40-33)18-27-10-5-2-6-11-27/h1-6,8-11,20,22-25,28,30,35-36H,7,12-19,21H2/t28-,30+/m1/s1. The number of rotatable bonds is 13. The van der Waals surface area contributed by atoms with E-state index in [1.807, 2.05) is 17.5 Å². The van der Waals surface area contributed by atoms with Crippen molar-refractivity contribution >= 4 is 22.4 Å². The van der Waals surface area contributed by atoms with Gasteiger partial charge in [-0.25, -0.2) is 9.97 Å². The van der Waals surface area contributed by atoms with Crippen molar-refractivity contribution in [2.24, 2.45) is 5.92 Å². The van der Waals surface area contributed by atoms with Crippen LogP contribution in [0.3, 0.4) is 0 Å². The van der Waals surface area contributed by atoms with Crippen LogP contribution in [0.2, 0.25) is 0 Å². The second-order valence-electron chi connectivity index (χ2n) is 11.1. The first-order valence-electron chi connectivity index (χ1n) is 14.7. The molecule has 2 aromatic carbocycles. The lowest BCUT2D eigenvalue weighted by atomic mass is 10.1. The molecule has 0 saturated heterocycles. The number of benzene rings is 2. The van der Waals surface area contributed by atoms with Gasteiger partial charge in [0, 0.05) is 34.3 Å². The maximum atomic E-state index is 4.74. The highest BCUT2D eigenvalue weighted by Crippen LogP contribution is 2.40. The molecular formula is C34H39N5S. The molecule has 2 N–H and O–H groups in total. The number of hydrogen-bond donors (Lipinski definition) is 2. The molecule has 5 aromatic rings. The number of hydrogen-bond acceptors (Lipinski definition) is 5. The van der Waals surface area contributed by atoms with Gasteiger partial charge in [-0.15, -0.1) is 11.3 Å². The minimum absolute atomic E-state index is 0.501. The third-order valence-electron chi connectivity index (χ3n) is 8.14. The van der Waals surface area contributed by atoms with Crippen molar-refractivity contribution in [3.05, 3.63) is 108 Å². The summed E-state index contributed by atoms with van der Waals surface area (Å²) in [4.78, 5) is 10.4. The summed E-state index contributed by atoms with van der Waals surface area (Å²) in [5, 5.41) is 10.8. The third kappa shape index (κ3) is 6.69. The fourth-order valence-corrected chi connectivity index (χ4v) is 6.98. The van der Waals surface area contributed by atoms with Crippen LogP contribution in [-0.4, -0.2) is 40.7 Å². The molecule has 0 bridgehead atoms. The topological polar surface area (TPSA) is 54.8 Å². The van der Waals surface area contributed by atoms with Crippen molar-refractivity contribution in [3.63, 3.8) is 0 Å². The lowest BCUT2D eigenvalue weighted by Crippen LogP contribution is -2.26. The van der Waals surface area contributed by atoms with Gasteiger partial charge >= 0.3 is 0 Å². The molecule has 0 radical (unpaired) electrons. The molecule has 206 valence electrons. The first kappa shape index (κ1) is 26.9. The first-order chi connectivity index (χ1) is 19.8. The van der Waals surface area contributed by atoms with Crippen LogP contribution >= 0.6 is 11.3 Å². The summed E-state index contributed by atoms with van der Waals surface area (Å²) in [5.74, 6) is 0.720. The Balaban J connectivity index is 1.00. The van der Waals surface area contributed by atoms with Crippen LogP contribution in [0.1, 0.15) is 48.4 Å². The quantitative estimate of drug-likeness (QED) is 0.157. The molecule has 1 aliphatic rings. The monoisotopic (exact) mass is 549 g/mol. The zero-order chi connectivity index (χ0) is 27.0. The van der Waals surface area contributed by atoms with E-state index in [0.29, 0.717) is 6.04 Å². The molecule has 3 aromatic heterocycles. The molecule has 6 rings (SSSR count). The van der Waals surface area contributed by atoms with E-state index in [-0.39, 0.29) is 0 Å². The molecule has 1 saturated carbocycles. The van der Waals surface area contributed by atoms with Gasteiger partial charge in [0.1, 0.15) is 12.0 Å². The number of thiophene rings is 1. The summed E-state index contributed by atoms with van der Waals surface area (Å²) in [7, 11) is 0. The highest BCUT2D eigenvalue weighted by Gasteiger charge is 2.28. The summed E-state index contributed by atoms with van der Waals surface area (Å²) in [6, 6.07) is 24.3. The highest BCUT2D eigenvalue weighted by atomic mass is 32.1. The number of fused-ring (bicyclic) bond motifs is 1. The molecule has 6 heteroatoms. The summed E-state index contributed by atoms with van der Waals surface area (Å²) >= 11 is 1.83. The predicted octanol–water partition coefficient (Wildman–Crippen LogP) is 6.90. The van der Waals surface area contributed by atoms with Crippen LogP contribution in [0.5, 0.6) is 0 Å². The minimum atomic E-state index is 0.501. The molecule has 5 nitrogen and oxygen atoms in total. The van der Waals surface area contributed by atoms with E-state index >= 15 is 0 Å². The average molecular weight is 550 g/mol. The van der Waals surface area contributed by atoms with Crippen LogP contribution in [0.25, 0.3) is 21.5 Å². The molecule has 0 unspecified atom stereocenters. The molecule has 1 fully saturated rings. The maximum Gasteiger partial charge on any atom is 0.144 e. The average Bonchev–Trinajstić information content (AvgIpc) is 3.74. The van der Waals surface area contributed by atoms with Crippen molar-refractivity contribution < 1.29 is 0 Å². The number of nitrogens with zero attached hydrogens (tertiary/aromatic N) is 3. The Hall–Kier alpha value is -3.32. The maximum absolute atomic E-state index is 4.74. The van der Waals surface area contributed by atoms with E-state index in [4.69, 9.17) is 4.98 Å². The van der Waals surface area contributed by atoms with E-state index in [9.17, 15) is 0 Å². The Labute approximate surface area is 241 Å². The first-order valence-corrected chi connectivity index (χ1v) is 15.6. The van der Waals surface area contributed by atoms with Crippen molar-refractivity contribution in [2.45, 2.75) is 44.6 Å². The van der Waals surface area contributed by atoms with Gasteiger partial charge < -0.3 is 15.2 Å². The van der Waals surface area contributed by atoms with Crippen molar-refractivity contribution in [3.8, 4) is 10.4 Å². The molecule has 40 heavy (non-hydrogen) atoms. The molecule has 1 aliphatic carbocycles. The van der Waals surface area contributed by atoms with Gasteiger partial charge in [-0.2, -0.15) is 0 Å². The minimum Gasteiger partial charge on any atom is -0.329 e. The summed E-state index contributed by atoms with van der Waals surface area (Å²) in [5.41, 5.74) is 6.45. The zero-order valence-electron chi connectivity index (χ0n) is 23.1. The SMILES string of the molecule is c1ccc(CCNCCCNC[C@@H]2CC[C@H](n3cc(-c4cc(Cc5ccccc5)cs4)c4cncnc43)C2)cc1. The Morgan fingerprint density at radius 3 is 2.52 bits per heavy atom. The van der Waals surface area contributed by atoms with Crippen molar-refractivity contribution in [2.75, 3.05) is 26.2 Å². The third-order valence-corrected chi connectivity index (χ3v) is 9.16. The van der Waals surface area contributed by atoms with Gasteiger partial charge in [0.2, 0.25) is 0 Å². The Bertz CT molecular complexity index is 1480. The smallest absolute Gasteiger partial charge is 0.144 e. The Kier molecular flexibility index (Phi) is 8.98. The predicted molar refractivity (Wildman–Crippen MR) is 167 cm³/mol. The molecule has 0 amide bonds. The normalized spacial score (nSPS) is 17.1. The van der Waals surface area contributed by atoms with Crippen LogP contribution in [0, 0.1) is 5.92 Å². The van der Waals surface area contributed by atoms with Gasteiger partial charge in [0.15, 0.2) is 0 Å². The van der Waals surface area contributed by atoms with Crippen LogP contribution < -0.4 is 10.6 Å². The van der Waals surface area contributed by atoms with Crippen LogP contribution in [0.15, 0.2) is 90.8 Å². The second kappa shape index (κ2) is 13.4. The van der Waals surface area contributed by atoms with Crippen molar-refractivity contribution in [1.82, 2.24) is 25.2 Å². The molecule has 3 heterocycles. The van der Waals surface area contributed by atoms with E-state index in [1.165, 1.54) is 52.8 Å². The summed E-state index contributed by atoms with van der Waals surface area (Å²) in [6.07, 6.45) is 13.0. The molecular weight excluding hydrogens is 510 g/mol. The molecule has 0 aliphatic heterocycles. The van der Waals surface area contributed by atoms with E-state index in [2.05, 4.69) is 98.5 Å². The largest absolute Gasteiger partial charge is 0.329 e. The lowest BCUT2D eigenvalue weighted by Gasteiger charge is -2.15. The van der Waals surface area contributed by atoms with E-state index < -0.39 is 0 Å². The zero-order valence-corrected chi connectivity index (χ0v) is 24.0. The van der Waals surface area contributed by atoms with E-state index in [0.717, 1.165) is 56.0 Å². The molecule has 0 spiro atoms. The van der Waals surface area contributed by atoms with Crippen molar-refractivity contribution in [1.29, 1.82) is 0 Å². The Morgan fingerprint density at radius 2 is 1.68 bits per heavy atom. The van der Waals surface area contributed by atoms with E-state index in [1.54, 1.807) is 6.33 Å². The number of aromatic nitrogens is 3. The van der Waals surface area contributed by atoms with Gasteiger partial charge in [0.25, 0.3) is 0 Å². The van der Waals surface area contributed by atoms with Gasteiger partial charge in [0.05, 0.1) is 0 Å². The lowest BCUT2D eigenvalue weighted by molar-refractivity contribution is 0.452. The molecule has 2 atom stereocenters. The van der Waals surface area contributed by atoms with Crippen LogP contribution in [-0.2, 0) is 12.8 Å². The highest BCUT2D eigenvalue weighted by molar-refractivity contribution is 7.13. The fourth-order valence-electron chi connectivity index (χ4n) is 6.04. The van der Waals surface area contributed by atoms with Gasteiger partial charge in [-0.3, -0.25) is 0 Å². The second-order valence-corrected chi connectivity index (χ2v) is 12.0.